The first-order valence-electron chi connectivity index (χ1n) is 7.52. The van der Waals surface area contributed by atoms with E-state index < -0.39 is 9.84 Å². The lowest BCUT2D eigenvalue weighted by atomic mass is 9.77. The molecule has 1 aliphatic heterocycles. The molecule has 1 fully saturated rings. The summed E-state index contributed by atoms with van der Waals surface area (Å²) in [5.41, 5.74) is 0.511. The third-order valence-corrected chi connectivity index (χ3v) is 5.43. The second-order valence-corrected chi connectivity index (χ2v) is 8.62. The highest BCUT2D eigenvalue weighted by Gasteiger charge is 2.32. The zero-order valence-corrected chi connectivity index (χ0v) is 14.2. The van der Waals surface area contributed by atoms with Crippen LogP contribution in [-0.4, -0.2) is 39.7 Å². The first-order valence-corrected chi connectivity index (χ1v) is 9.41. The Balaban J connectivity index is 2.04. The first kappa shape index (κ1) is 17.0. The van der Waals surface area contributed by atoms with E-state index >= 15 is 0 Å². The molecule has 0 aromatic heterocycles. The second-order valence-electron chi connectivity index (χ2n) is 6.61. The molecule has 1 saturated heterocycles. The number of carbonyl (C=O) groups is 1. The van der Waals surface area contributed by atoms with Crippen molar-refractivity contribution in [3.05, 3.63) is 29.8 Å². The van der Waals surface area contributed by atoms with E-state index in [-0.39, 0.29) is 22.3 Å². The fourth-order valence-corrected chi connectivity index (χ4v) is 3.45. The SMILES string of the molecule is CC1(C)CCCNC1CNC(=O)c1cccc(S(C)(=O)=O)c1. The first-order chi connectivity index (χ1) is 10.2. The van der Waals surface area contributed by atoms with Gasteiger partial charge in [0.2, 0.25) is 0 Å². The predicted octanol–water partition coefficient (Wildman–Crippen LogP) is 1.60. The van der Waals surface area contributed by atoms with Crippen LogP contribution in [0.4, 0.5) is 0 Å². The monoisotopic (exact) mass is 324 g/mol. The van der Waals surface area contributed by atoms with Crippen LogP contribution in [0, 0.1) is 5.41 Å². The Hall–Kier alpha value is -1.40. The number of sulfone groups is 1. The molecular formula is C16H24N2O3S. The molecule has 22 heavy (non-hydrogen) atoms. The number of carbonyl (C=O) groups excluding carboxylic acids is 1. The molecule has 0 spiro atoms. The molecule has 1 atom stereocenters. The van der Waals surface area contributed by atoms with Gasteiger partial charge in [-0.2, -0.15) is 0 Å². The standard InChI is InChI=1S/C16H24N2O3S/c1-16(2)8-5-9-17-14(16)11-18-15(19)12-6-4-7-13(10-12)22(3,20)21/h4,6-7,10,14,17H,5,8-9,11H2,1-3H3,(H,18,19). The average molecular weight is 324 g/mol. The number of rotatable bonds is 4. The van der Waals surface area contributed by atoms with E-state index in [1.807, 2.05) is 0 Å². The van der Waals surface area contributed by atoms with E-state index in [1.54, 1.807) is 12.1 Å². The molecule has 0 radical (unpaired) electrons. The summed E-state index contributed by atoms with van der Waals surface area (Å²) in [5.74, 6) is -0.242. The van der Waals surface area contributed by atoms with Crippen molar-refractivity contribution in [3.8, 4) is 0 Å². The Morgan fingerprint density at radius 3 is 2.77 bits per heavy atom. The number of hydrogen-bond acceptors (Lipinski definition) is 4. The smallest absolute Gasteiger partial charge is 0.251 e. The molecule has 2 rings (SSSR count). The summed E-state index contributed by atoms with van der Waals surface area (Å²) in [4.78, 5) is 12.4. The van der Waals surface area contributed by atoms with Gasteiger partial charge >= 0.3 is 0 Å². The van der Waals surface area contributed by atoms with Crippen LogP contribution in [0.3, 0.4) is 0 Å². The third kappa shape index (κ3) is 4.08. The molecule has 0 bridgehead atoms. The Kier molecular flexibility index (Phi) is 4.92. The van der Waals surface area contributed by atoms with Crippen LogP contribution >= 0.6 is 0 Å². The molecule has 1 heterocycles. The van der Waals surface area contributed by atoms with Crippen LogP contribution < -0.4 is 10.6 Å². The molecule has 1 aliphatic rings. The predicted molar refractivity (Wildman–Crippen MR) is 86.7 cm³/mol. The van der Waals surface area contributed by atoms with Crippen LogP contribution in [0.1, 0.15) is 37.0 Å². The van der Waals surface area contributed by atoms with Gasteiger partial charge in [-0.15, -0.1) is 0 Å². The van der Waals surface area contributed by atoms with Gasteiger partial charge in [-0.05, 0) is 43.0 Å². The Morgan fingerprint density at radius 2 is 2.14 bits per heavy atom. The summed E-state index contributed by atoms with van der Waals surface area (Å²) in [6, 6.07) is 6.36. The zero-order valence-electron chi connectivity index (χ0n) is 13.3. The van der Waals surface area contributed by atoms with Gasteiger partial charge < -0.3 is 10.6 Å². The van der Waals surface area contributed by atoms with Crippen molar-refractivity contribution in [2.24, 2.45) is 5.41 Å². The van der Waals surface area contributed by atoms with Crippen LogP contribution in [0.15, 0.2) is 29.2 Å². The van der Waals surface area contributed by atoms with Gasteiger partial charge in [0.05, 0.1) is 4.90 Å². The van der Waals surface area contributed by atoms with Crippen LogP contribution in [0.5, 0.6) is 0 Å². The molecule has 1 amide bonds. The quantitative estimate of drug-likeness (QED) is 0.882. The van der Waals surface area contributed by atoms with Gasteiger partial charge in [-0.3, -0.25) is 4.79 Å². The molecule has 2 N–H and O–H groups in total. The fourth-order valence-electron chi connectivity index (χ4n) is 2.78. The molecule has 0 aliphatic carbocycles. The van der Waals surface area contributed by atoms with E-state index in [0.717, 1.165) is 25.6 Å². The lowest BCUT2D eigenvalue weighted by Crippen LogP contribution is -2.52. The highest BCUT2D eigenvalue weighted by molar-refractivity contribution is 7.90. The van der Waals surface area contributed by atoms with Crippen molar-refractivity contribution in [2.75, 3.05) is 19.3 Å². The third-order valence-electron chi connectivity index (χ3n) is 4.32. The van der Waals surface area contributed by atoms with E-state index in [1.165, 1.54) is 12.1 Å². The lowest BCUT2D eigenvalue weighted by Gasteiger charge is -2.39. The summed E-state index contributed by atoms with van der Waals surface area (Å²) >= 11 is 0. The van der Waals surface area contributed by atoms with Crippen LogP contribution in [-0.2, 0) is 9.84 Å². The average Bonchev–Trinajstić information content (AvgIpc) is 2.44. The van der Waals surface area contributed by atoms with Crippen LogP contribution in [0.2, 0.25) is 0 Å². The van der Waals surface area contributed by atoms with E-state index in [9.17, 15) is 13.2 Å². The molecule has 5 nitrogen and oxygen atoms in total. The Morgan fingerprint density at radius 1 is 1.41 bits per heavy atom. The molecule has 1 aromatic rings. The van der Waals surface area contributed by atoms with Crippen molar-refractivity contribution < 1.29 is 13.2 Å². The number of nitrogens with one attached hydrogen (secondary N) is 2. The minimum absolute atomic E-state index is 0.139. The van der Waals surface area contributed by atoms with Gasteiger partial charge in [0, 0.05) is 24.4 Å². The molecule has 1 aromatic carbocycles. The van der Waals surface area contributed by atoms with Gasteiger partial charge in [-0.1, -0.05) is 19.9 Å². The van der Waals surface area contributed by atoms with Gasteiger partial charge in [0.1, 0.15) is 0 Å². The maximum atomic E-state index is 12.2. The number of benzene rings is 1. The Bertz CT molecular complexity index is 653. The summed E-state index contributed by atoms with van der Waals surface area (Å²) in [6.07, 6.45) is 3.41. The zero-order chi connectivity index (χ0) is 16.4. The van der Waals surface area contributed by atoms with Crippen molar-refractivity contribution in [3.63, 3.8) is 0 Å². The van der Waals surface area contributed by atoms with Gasteiger partial charge in [-0.25, -0.2) is 8.42 Å². The summed E-state index contributed by atoms with van der Waals surface area (Å²) in [6.45, 7) is 5.89. The second kappa shape index (κ2) is 6.38. The van der Waals surface area contributed by atoms with Crippen LogP contribution in [0.25, 0.3) is 0 Å². The molecular weight excluding hydrogens is 300 g/mol. The summed E-state index contributed by atoms with van der Waals surface area (Å²) in [5, 5.41) is 6.35. The number of amides is 1. The number of piperidine rings is 1. The van der Waals surface area contributed by atoms with Crippen molar-refractivity contribution >= 4 is 15.7 Å². The molecule has 1 unspecified atom stereocenters. The van der Waals surface area contributed by atoms with Crippen molar-refractivity contribution in [1.82, 2.24) is 10.6 Å². The maximum absolute atomic E-state index is 12.2. The normalized spacial score (nSPS) is 21.3. The van der Waals surface area contributed by atoms with Crippen molar-refractivity contribution in [2.45, 2.75) is 37.6 Å². The molecule has 6 heteroatoms. The number of hydrogen-bond donors (Lipinski definition) is 2. The fraction of sp³-hybridized carbons (Fsp3) is 0.562. The van der Waals surface area contributed by atoms with Gasteiger partial charge in [0.25, 0.3) is 5.91 Å². The summed E-state index contributed by atoms with van der Waals surface area (Å²) in [7, 11) is -3.31. The minimum atomic E-state index is -3.31. The van der Waals surface area contributed by atoms with E-state index in [4.69, 9.17) is 0 Å². The van der Waals surface area contributed by atoms with Gasteiger partial charge in [0.15, 0.2) is 9.84 Å². The molecule has 122 valence electrons. The molecule has 0 saturated carbocycles. The lowest BCUT2D eigenvalue weighted by molar-refractivity contribution is 0.0928. The minimum Gasteiger partial charge on any atom is -0.350 e. The Labute approximate surface area is 132 Å². The van der Waals surface area contributed by atoms with Crippen molar-refractivity contribution in [1.29, 1.82) is 0 Å². The summed E-state index contributed by atoms with van der Waals surface area (Å²) < 4.78 is 23.1. The highest BCUT2D eigenvalue weighted by Crippen LogP contribution is 2.29. The van der Waals surface area contributed by atoms with E-state index in [0.29, 0.717) is 12.1 Å². The topological polar surface area (TPSA) is 75.3 Å². The van der Waals surface area contributed by atoms with E-state index in [2.05, 4.69) is 24.5 Å². The highest BCUT2D eigenvalue weighted by atomic mass is 32.2. The maximum Gasteiger partial charge on any atom is 0.251 e. The largest absolute Gasteiger partial charge is 0.350 e.